The van der Waals surface area contributed by atoms with Crippen LogP contribution in [0.15, 0.2) is 18.2 Å². The van der Waals surface area contributed by atoms with Gasteiger partial charge in [-0.15, -0.1) is 0 Å². The number of unbranched alkanes of at least 4 members (excludes halogenated alkanes) is 2. The van der Waals surface area contributed by atoms with Crippen LogP contribution in [0.4, 0.5) is 11.4 Å². The van der Waals surface area contributed by atoms with Crippen LogP contribution in [-0.4, -0.2) is 12.0 Å². The van der Waals surface area contributed by atoms with Gasteiger partial charge in [0.15, 0.2) is 11.9 Å². The summed E-state index contributed by atoms with van der Waals surface area (Å²) < 4.78 is 5.68. The highest BCUT2D eigenvalue weighted by molar-refractivity contribution is 5.99. The van der Waals surface area contributed by atoms with Crippen LogP contribution in [0.1, 0.15) is 32.6 Å². The molecule has 1 aromatic carbocycles. The fraction of sp³-hybridized carbons (Fsp3) is 0.462. The Labute approximate surface area is 101 Å². The standard InChI is InChI=1S/C13H18N2O2/c1-2-3-4-8-11-13(16)15-10-7-5-6-9(14)12(10)17-11/h5-7,11H,2-4,8,14H2,1H3,(H,15,16). The van der Waals surface area contributed by atoms with Crippen molar-refractivity contribution in [1.82, 2.24) is 0 Å². The van der Waals surface area contributed by atoms with Gasteiger partial charge in [0.2, 0.25) is 0 Å². The van der Waals surface area contributed by atoms with Crippen molar-refractivity contribution in [2.75, 3.05) is 11.1 Å². The number of nitrogens with two attached hydrogens (primary N) is 1. The first-order chi connectivity index (χ1) is 8.22. The summed E-state index contributed by atoms with van der Waals surface area (Å²) in [4.78, 5) is 11.8. The number of carbonyl (C=O) groups is 1. The number of hydrogen-bond acceptors (Lipinski definition) is 3. The molecule has 92 valence electrons. The molecule has 1 unspecified atom stereocenters. The molecular formula is C13H18N2O2. The molecule has 0 aliphatic carbocycles. The van der Waals surface area contributed by atoms with Gasteiger partial charge in [-0.1, -0.05) is 25.8 Å². The van der Waals surface area contributed by atoms with E-state index in [2.05, 4.69) is 12.2 Å². The smallest absolute Gasteiger partial charge is 0.265 e. The van der Waals surface area contributed by atoms with Gasteiger partial charge in [-0.3, -0.25) is 4.79 Å². The maximum atomic E-state index is 11.8. The van der Waals surface area contributed by atoms with Crippen LogP contribution in [0.5, 0.6) is 5.75 Å². The average Bonchev–Trinajstić information content (AvgIpc) is 2.31. The molecule has 2 rings (SSSR count). The fourth-order valence-corrected chi connectivity index (χ4v) is 1.96. The molecule has 1 aliphatic heterocycles. The lowest BCUT2D eigenvalue weighted by Gasteiger charge is -2.26. The summed E-state index contributed by atoms with van der Waals surface area (Å²) >= 11 is 0. The minimum absolute atomic E-state index is 0.0702. The SMILES string of the molecule is CCCCCC1Oc2c(N)cccc2NC1=O. The lowest BCUT2D eigenvalue weighted by Crippen LogP contribution is -2.37. The second-order valence-electron chi connectivity index (χ2n) is 4.32. The number of anilines is 2. The molecule has 4 nitrogen and oxygen atoms in total. The Morgan fingerprint density at radius 1 is 1.41 bits per heavy atom. The van der Waals surface area contributed by atoms with E-state index >= 15 is 0 Å². The largest absolute Gasteiger partial charge is 0.476 e. The second-order valence-corrected chi connectivity index (χ2v) is 4.32. The van der Waals surface area contributed by atoms with Crippen LogP contribution in [0.2, 0.25) is 0 Å². The van der Waals surface area contributed by atoms with E-state index in [0.717, 1.165) is 25.7 Å². The summed E-state index contributed by atoms with van der Waals surface area (Å²) in [5.74, 6) is 0.535. The summed E-state index contributed by atoms with van der Waals surface area (Å²) in [6, 6.07) is 5.38. The Bertz CT molecular complexity index is 418. The molecule has 1 aliphatic rings. The highest BCUT2D eigenvalue weighted by atomic mass is 16.5. The summed E-state index contributed by atoms with van der Waals surface area (Å²) in [6.07, 6.45) is 3.58. The van der Waals surface area contributed by atoms with E-state index in [1.165, 1.54) is 0 Å². The number of fused-ring (bicyclic) bond motifs is 1. The lowest BCUT2D eigenvalue weighted by molar-refractivity contribution is -0.123. The molecular weight excluding hydrogens is 216 g/mol. The molecule has 1 heterocycles. The van der Waals surface area contributed by atoms with Crippen molar-refractivity contribution in [2.24, 2.45) is 0 Å². The maximum Gasteiger partial charge on any atom is 0.265 e. The van der Waals surface area contributed by atoms with Crippen molar-refractivity contribution in [3.63, 3.8) is 0 Å². The number of nitrogens with one attached hydrogen (secondary N) is 1. The third kappa shape index (κ3) is 2.52. The first kappa shape index (κ1) is 11.8. The topological polar surface area (TPSA) is 64.3 Å². The van der Waals surface area contributed by atoms with Gasteiger partial charge in [0.1, 0.15) is 0 Å². The first-order valence-corrected chi connectivity index (χ1v) is 6.08. The molecule has 0 radical (unpaired) electrons. The first-order valence-electron chi connectivity index (χ1n) is 6.08. The van der Waals surface area contributed by atoms with Gasteiger partial charge in [-0.25, -0.2) is 0 Å². The van der Waals surface area contributed by atoms with Crippen molar-refractivity contribution >= 4 is 17.3 Å². The molecule has 1 atom stereocenters. The van der Waals surface area contributed by atoms with Crippen LogP contribution < -0.4 is 15.8 Å². The van der Waals surface area contributed by atoms with Crippen molar-refractivity contribution in [1.29, 1.82) is 0 Å². The van der Waals surface area contributed by atoms with Crippen molar-refractivity contribution < 1.29 is 9.53 Å². The zero-order valence-electron chi connectivity index (χ0n) is 10.0. The number of carbonyl (C=O) groups excluding carboxylic acids is 1. The Hall–Kier alpha value is -1.71. The quantitative estimate of drug-likeness (QED) is 0.621. The van der Waals surface area contributed by atoms with Crippen LogP contribution in [0.3, 0.4) is 0 Å². The Morgan fingerprint density at radius 2 is 2.24 bits per heavy atom. The molecule has 0 saturated carbocycles. The molecule has 0 fully saturated rings. The van der Waals surface area contributed by atoms with E-state index in [-0.39, 0.29) is 5.91 Å². The fourth-order valence-electron chi connectivity index (χ4n) is 1.96. The molecule has 0 spiro atoms. The van der Waals surface area contributed by atoms with Gasteiger partial charge >= 0.3 is 0 Å². The molecule has 3 N–H and O–H groups in total. The van der Waals surface area contributed by atoms with Crippen LogP contribution in [0, 0.1) is 0 Å². The van der Waals surface area contributed by atoms with Gasteiger partial charge in [0, 0.05) is 0 Å². The minimum atomic E-state index is -0.404. The number of amides is 1. The third-order valence-corrected chi connectivity index (χ3v) is 2.93. The highest BCUT2D eigenvalue weighted by Gasteiger charge is 2.28. The Kier molecular flexibility index (Phi) is 3.52. The molecule has 0 bridgehead atoms. The summed E-state index contributed by atoms with van der Waals surface area (Å²) in [5, 5.41) is 2.83. The van der Waals surface area contributed by atoms with Crippen LogP contribution in [0.25, 0.3) is 0 Å². The van der Waals surface area contributed by atoms with Gasteiger partial charge in [-0.2, -0.15) is 0 Å². The van der Waals surface area contributed by atoms with E-state index in [4.69, 9.17) is 10.5 Å². The maximum absolute atomic E-state index is 11.8. The molecule has 4 heteroatoms. The van der Waals surface area contributed by atoms with E-state index in [1.807, 2.05) is 0 Å². The number of benzene rings is 1. The Morgan fingerprint density at radius 3 is 3.00 bits per heavy atom. The zero-order valence-corrected chi connectivity index (χ0v) is 10.0. The molecule has 1 aromatic rings. The van der Waals surface area contributed by atoms with Crippen LogP contribution in [-0.2, 0) is 4.79 Å². The summed E-state index contributed by atoms with van der Waals surface area (Å²) in [6.45, 7) is 2.13. The van der Waals surface area contributed by atoms with E-state index in [9.17, 15) is 4.79 Å². The number of nitrogen functional groups attached to an aromatic ring is 1. The number of rotatable bonds is 4. The van der Waals surface area contributed by atoms with Crippen molar-refractivity contribution in [3.05, 3.63) is 18.2 Å². The van der Waals surface area contributed by atoms with Crippen molar-refractivity contribution in [2.45, 2.75) is 38.7 Å². The van der Waals surface area contributed by atoms with E-state index in [0.29, 0.717) is 17.1 Å². The van der Waals surface area contributed by atoms with Gasteiger partial charge in [0.05, 0.1) is 11.4 Å². The predicted octanol–water partition coefficient (Wildman–Crippen LogP) is 2.55. The predicted molar refractivity (Wildman–Crippen MR) is 68.0 cm³/mol. The Balaban J connectivity index is 2.09. The van der Waals surface area contributed by atoms with Gasteiger partial charge in [-0.05, 0) is 25.0 Å². The number of para-hydroxylation sites is 1. The van der Waals surface area contributed by atoms with Gasteiger partial charge < -0.3 is 15.8 Å². The average molecular weight is 234 g/mol. The zero-order chi connectivity index (χ0) is 12.3. The van der Waals surface area contributed by atoms with E-state index < -0.39 is 6.10 Å². The van der Waals surface area contributed by atoms with E-state index in [1.54, 1.807) is 18.2 Å². The number of hydrogen-bond donors (Lipinski definition) is 2. The monoisotopic (exact) mass is 234 g/mol. The van der Waals surface area contributed by atoms with Gasteiger partial charge in [0.25, 0.3) is 5.91 Å². The second kappa shape index (κ2) is 5.08. The summed E-state index contributed by atoms with van der Waals surface area (Å²) in [7, 11) is 0. The number of ether oxygens (including phenoxy) is 1. The normalized spacial score (nSPS) is 18.2. The molecule has 0 aromatic heterocycles. The highest BCUT2D eigenvalue weighted by Crippen LogP contribution is 2.35. The van der Waals surface area contributed by atoms with Crippen molar-refractivity contribution in [3.8, 4) is 5.75 Å². The molecule has 0 saturated heterocycles. The summed E-state index contributed by atoms with van der Waals surface area (Å²) in [5.41, 5.74) is 7.07. The molecule has 1 amide bonds. The lowest BCUT2D eigenvalue weighted by atomic mass is 10.1. The van der Waals surface area contributed by atoms with Crippen LogP contribution >= 0.6 is 0 Å². The molecule has 17 heavy (non-hydrogen) atoms. The minimum Gasteiger partial charge on any atom is -0.476 e. The third-order valence-electron chi connectivity index (χ3n) is 2.93.